The molecule has 0 aliphatic rings. The molecule has 4 rings (SSSR count). The highest BCUT2D eigenvalue weighted by Gasteiger charge is 2.27. The van der Waals surface area contributed by atoms with Gasteiger partial charge in [0.1, 0.15) is 17.2 Å². The van der Waals surface area contributed by atoms with E-state index in [1.165, 1.54) is 16.4 Å². The Kier molecular flexibility index (Phi) is 5.31. The van der Waals surface area contributed by atoms with Crippen LogP contribution in [0.3, 0.4) is 0 Å². The van der Waals surface area contributed by atoms with Crippen molar-refractivity contribution in [3.63, 3.8) is 0 Å². The minimum absolute atomic E-state index is 0.0570. The summed E-state index contributed by atoms with van der Waals surface area (Å²) < 4.78 is 31.9. The highest BCUT2D eigenvalue weighted by Crippen LogP contribution is 2.28. The van der Waals surface area contributed by atoms with E-state index in [0.29, 0.717) is 15.6 Å². The van der Waals surface area contributed by atoms with Crippen LogP contribution >= 0.6 is 22.9 Å². The van der Waals surface area contributed by atoms with Gasteiger partial charge in [-0.05, 0) is 12.1 Å². The number of halogens is 3. The Balaban J connectivity index is 1.46. The summed E-state index contributed by atoms with van der Waals surface area (Å²) in [5, 5.41) is 12.9. The van der Waals surface area contributed by atoms with Gasteiger partial charge in [0, 0.05) is 22.9 Å². The van der Waals surface area contributed by atoms with Crippen molar-refractivity contribution in [1.29, 1.82) is 0 Å². The first kappa shape index (κ1) is 20.1. The van der Waals surface area contributed by atoms with Crippen LogP contribution in [0.4, 0.5) is 14.6 Å². The topological polar surface area (TPSA) is 98.7 Å². The number of benzene rings is 1. The number of carbonyl (C=O) groups excluding carboxylic acids is 1. The fraction of sp³-hybridized carbons (Fsp3) is 0.167. The fourth-order valence-electron chi connectivity index (χ4n) is 2.55. The van der Waals surface area contributed by atoms with Gasteiger partial charge in [0.05, 0.1) is 6.20 Å². The molecule has 0 saturated heterocycles. The van der Waals surface area contributed by atoms with Crippen molar-refractivity contribution in [2.24, 2.45) is 0 Å². The van der Waals surface area contributed by atoms with Crippen molar-refractivity contribution in [2.75, 3.05) is 5.32 Å². The van der Waals surface area contributed by atoms with Crippen LogP contribution in [0.1, 0.15) is 28.1 Å². The highest BCUT2D eigenvalue weighted by molar-refractivity contribution is 7.09. The van der Waals surface area contributed by atoms with E-state index in [-0.39, 0.29) is 29.5 Å². The first-order chi connectivity index (χ1) is 14.3. The monoisotopic (exact) mass is 450 g/mol. The molecule has 30 heavy (non-hydrogen) atoms. The zero-order chi connectivity index (χ0) is 21.3. The number of hydrogen-bond donors (Lipinski definition) is 1. The molecule has 1 aromatic carbocycles. The summed E-state index contributed by atoms with van der Waals surface area (Å²) in [6.07, 6.45) is 2.49. The van der Waals surface area contributed by atoms with Gasteiger partial charge >= 0.3 is 0 Å². The molecule has 0 saturated carbocycles. The van der Waals surface area contributed by atoms with E-state index in [2.05, 4.69) is 25.5 Å². The number of amides is 1. The number of nitrogens with zero attached hydrogens (tertiary/aromatic N) is 5. The van der Waals surface area contributed by atoms with E-state index >= 15 is 0 Å². The maximum Gasteiger partial charge on any atom is 0.287 e. The molecular formula is C18H13ClF2N6O2S. The maximum atomic E-state index is 13.3. The van der Waals surface area contributed by atoms with Gasteiger partial charge in [0.2, 0.25) is 0 Å². The standard InChI is InChI=1S/C18H13ClF2N6O2S/c1-18(20,21)12-8-30-14(24-12)7-27-23-6-13(26-27)25-17(28)15-16(29-9-22-15)10-3-2-4-11(19)5-10/h2-6,8-9H,7H2,1H3,(H,25,26,28). The molecule has 154 valence electrons. The third-order valence-corrected chi connectivity index (χ3v) is 4.99. The molecule has 1 N–H and O–H groups in total. The zero-order valence-electron chi connectivity index (χ0n) is 15.3. The van der Waals surface area contributed by atoms with Crippen molar-refractivity contribution < 1.29 is 18.0 Å². The summed E-state index contributed by atoms with van der Waals surface area (Å²) in [6, 6.07) is 6.82. The molecule has 0 fully saturated rings. The van der Waals surface area contributed by atoms with E-state index in [0.717, 1.165) is 24.7 Å². The average Bonchev–Trinajstić information content (AvgIpc) is 3.42. The zero-order valence-corrected chi connectivity index (χ0v) is 16.9. The molecule has 1 amide bonds. The first-order valence-corrected chi connectivity index (χ1v) is 9.79. The Morgan fingerprint density at radius 3 is 2.97 bits per heavy atom. The summed E-state index contributed by atoms with van der Waals surface area (Å²) in [5.74, 6) is -3.13. The van der Waals surface area contributed by atoms with E-state index in [1.807, 2.05) is 0 Å². The minimum atomic E-state index is -3.01. The Morgan fingerprint density at radius 2 is 2.23 bits per heavy atom. The van der Waals surface area contributed by atoms with Crippen LogP contribution in [0.5, 0.6) is 0 Å². The van der Waals surface area contributed by atoms with Crippen molar-refractivity contribution in [1.82, 2.24) is 25.0 Å². The van der Waals surface area contributed by atoms with Crippen molar-refractivity contribution >= 4 is 34.7 Å². The Morgan fingerprint density at radius 1 is 1.40 bits per heavy atom. The number of oxazole rings is 1. The molecule has 8 nitrogen and oxygen atoms in total. The van der Waals surface area contributed by atoms with Crippen LogP contribution in [-0.4, -0.2) is 30.9 Å². The summed E-state index contributed by atoms with van der Waals surface area (Å²) in [6.45, 7) is 0.877. The second kappa shape index (κ2) is 7.92. The van der Waals surface area contributed by atoms with E-state index in [4.69, 9.17) is 16.0 Å². The lowest BCUT2D eigenvalue weighted by atomic mass is 10.1. The van der Waals surface area contributed by atoms with Crippen LogP contribution in [0.15, 0.2) is 46.7 Å². The number of anilines is 1. The first-order valence-electron chi connectivity index (χ1n) is 8.53. The second-order valence-corrected chi connectivity index (χ2v) is 7.65. The second-order valence-electron chi connectivity index (χ2n) is 6.27. The van der Waals surface area contributed by atoms with E-state index in [9.17, 15) is 13.6 Å². The molecule has 3 aromatic heterocycles. The van der Waals surface area contributed by atoms with E-state index < -0.39 is 11.8 Å². The fourth-order valence-corrected chi connectivity index (χ4v) is 3.59. The van der Waals surface area contributed by atoms with Gasteiger partial charge < -0.3 is 9.73 Å². The molecule has 12 heteroatoms. The number of aromatic nitrogens is 5. The smallest absolute Gasteiger partial charge is 0.287 e. The molecule has 0 aliphatic heterocycles. The van der Waals surface area contributed by atoms with Gasteiger partial charge in [-0.25, -0.2) is 9.97 Å². The number of alkyl halides is 2. The van der Waals surface area contributed by atoms with Crippen LogP contribution in [-0.2, 0) is 12.5 Å². The summed E-state index contributed by atoms with van der Waals surface area (Å²) in [7, 11) is 0. The molecule has 0 unspecified atom stereocenters. The molecule has 0 aliphatic carbocycles. The van der Waals surface area contributed by atoms with Crippen LogP contribution in [0.2, 0.25) is 5.02 Å². The third-order valence-electron chi connectivity index (χ3n) is 3.93. The Labute approximate surface area is 177 Å². The van der Waals surface area contributed by atoms with Crippen LogP contribution in [0, 0.1) is 0 Å². The van der Waals surface area contributed by atoms with Gasteiger partial charge in [-0.3, -0.25) is 4.79 Å². The van der Waals surface area contributed by atoms with Gasteiger partial charge in [0.15, 0.2) is 23.7 Å². The quantitative estimate of drug-likeness (QED) is 0.465. The van der Waals surface area contributed by atoms with Crippen LogP contribution < -0.4 is 5.32 Å². The molecule has 0 radical (unpaired) electrons. The van der Waals surface area contributed by atoms with E-state index in [1.54, 1.807) is 24.3 Å². The van der Waals surface area contributed by atoms with Crippen molar-refractivity contribution in [3.05, 3.63) is 63.7 Å². The minimum Gasteiger partial charge on any atom is -0.443 e. The summed E-state index contributed by atoms with van der Waals surface area (Å²) >= 11 is 7.07. The number of hydrogen-bond acceptors (Lipinski definition) is 7. The van der Waals surface area contributed by atoms with Gasteiger partial charge in [-0.15, -0.1) is 16.4 Å². The average molecular weight is 451 g/mol. The molecule has 3 heterocycles. The number of nitrogens with one attached hydrogen (secondary N) is 1. The summed E-state index contributed by atoms with van der Waals surface area (Å²) in [4.78, 5) is 21.7. The molecule has 0 bridgehead atoms. The normalized spacial score (nSPS) is 11.6. The largest absolute Gasteiger partial charge is 0.443 e. The van der Waals surface area contributed by atoms with Gasteiger partial charge in [0.25, 0.3) is 11.8 Å². The van der Waals surface area contributed by atoms with Crippen molar-refractivity contribution in [2.45, 2.75) is 19.4 Å². The van der Waals surface area contributed by atoms with Gasteiger partial charge in [-0.2, -0.15) is 18.7 Å². The molecule has 4 aromatic rings. The highest BCUT2D eigenvalue weighted by atomic mass is 35.5. The number of rotatable bonds is 6. The predicted molar refractivity (Wildman–Crippen MR) is 106 cm³/mol. The lowest BCUT2D eigenvalue weighted by Gasteiger charge is -2.04. The predicted octanol–water partition coefficient (Wildman–Crippen LogP) is 4.46. The Hall–Kier alpha value is -3.18. The molecule has 0 atom stereocenters. The number of thiazole rings is 1. The maximum absolute atomic E-state index is 13.3. The molecule has 0 spiro atoms. The lowest BCUT2D eigenvalue weighted by molar-refractivity contribution is 0.0132. The van der Waals surface area contributed by atoms with Gasteiger partial charge in [-0.1, -0.05) is 23.7 Å². The summed E-state index contributed by atoms with van der Waals surface area (Å²) in [5.41, 5.74) is 0.352. The van der Waals surface area contributed by atoms with Crippen LogP contribution in [0.25, 0.3) is 11.3 Å². The third kappa shape index (κ3) is 4.36. The lowest BCUT2D eigenvalue weighted by Crippen LogP contribution is -2.14. The molecular weight excluding hydrogens is 438 g/mol. The SMILES string of the molecule is CC(F)(F)c1csc(Cn2ncc(NC(=O)c3ncoc3-c3cccc(Cl)c3)n2)n1. The Bertz CT molecular complexity index is 1200. The number of carbonyl (C=O) groups is 1. The van der Waals surface area contributed by atoms with Crippen molar-refractivity contribution in [3.8, 4) is 11.3 Å².